The van der Waals surface area contributed by atoms with Gasteiger partial charge in [0.2, 0.25) is 0 Å². The van der Waals surface area contributed by atoms with Gasteiger partial charge in [0.1, 0.15) is 4.34 Å². The van der Waals surface area contributed by atoms with Crippen molar-refractivity contribution in [2.45, 2.75) is 13.5 Å². The van der Waals surface area contributed by atoms with Gasteiger partial charge in [-0.25, -0.2) is 4.98 Å². The van der Waals surface area contributed by atoms with Crippen LogP contribution in [0.4, 0.5) is 5.13 Å². The van der Waals surface area contributed by atoms with Crippen LogP contribution < -0.4 is 4.90 Å². The number of hydrogen-bond acceptors (Lipinski definition) is 5. The average molecular weight is 434 g/mol. The number of carbonyl (C=O) groups is 1. The number of amides is 1. The predicted octanol–water partition coefficient (Wildman–Crippen LogP) is 6.22. The number of para-hydroxylation sites is 1. The van der Waals surface area contributed by atoms with Crippen molar-refractivity contribution in [2.24, 2.45) is 0 Å². The van der Waals surface area contributed by atoms with Crippen LogP contribution in [-0.4, -0.2) is 15.9 Å². The lowest BCUT2D eigenvalue weighted by molar-refractivity contribution is 0.0985. The van der Waals surface area contributed by atoms with E-state index in [1.165, 1.54) is 22.7 Å². The molecule has 1 aromatic carbocycles. The molecule has 0 bridgehead atoms. The summed E-state index contributed by atoms with van der Waals surface area (Å²) in [5.41, 5.74) is 3.10. The van der Waals surface area contributed by atoms with Crippen molar-refractivity contribution < 1.29 is 4.79 Å². The number of benzene rings is 1. The zero-order valence-corrected chi connectivity index (χ0v) is 17.3. The van der Waals surface area contributed by atoms with Gasteiger partial charge < -0.3 is 0 Å². The van der Waals surface area contributed by atoms with E-state index in [1.807, 2.05) is 43.3 Å². The van der Waals surface area contributed by atoms with Gasteiger partial charge in [-0.1, -0.05) is 52.7 Å². The van der Waals surface area contributed by atoms with Gasteiger partial charge >= 0.3 is 0 Å². The predicted molar refractivity (Wildman–Crippen MR) is 113 cm³/mol. The molecule has 136 valence electrons. The molecule has 4 aromatic rings. The Morgan fingerprint density at radius 3 is 2.67 bits per heavy atom. The number of carbonyl (C=O) groups excluding carboxylic acids is 1. The minimum absolute atomic E-state index is 0.245. The molecule has 0 radical (unpaired) electrons. The number of pyridine rings is 1. The number of thiophene rings is 1. The van der Waals surface area contributed by atoms with Crippen molar-refractivity contribution >= 4 is 67.1 Å². The molecule has 3 heterocycles. The monoisotopic (exact) mass is 433 g/mol. The lowest BCUT2D eigenvalue weighted by Crippen LogP contribution is -2.30. The first-order chi connectivity index (χ1) is 13.0. The largest absolute Gasteiger partial charge is 0.278 e. The van der Waals surface area contributed by atoms with Crippen LogP contribution >= 0.6 is 45.9 Å². The van der Waals surface area contributed by atoms with Crippen molar-refractivity contribution in [3.05, 3.63) is 74.2 Å². The molecule has 0 spiro atoms. The molecule has 0 aliphatic heterocycles. The third-order valence-corrected chi connectivity index (χ3v) is 6.55. The molecule has 0 unspecified atom stereocenters. The van der Waals surface area contributed by atoms with Crippen LogP contribution in [0.3, 0.4) is 0 Å². The van der Waals surface area contributed by atoms with E-state index in [4.69, 9.17) is 28.2 Å². The summed E-state index contributed by atoms with van der Waals surface area (Å²) in [4.78, 5) is 23.9. The zero-order chi connectivity index (χ0) is 19.0. The molecule has 8 heteroatoms. The Kier molecular flexibility index (Phi) is 5.14. The normalized spacial score (nSPS) is 11.1. The van der Waals surface area contributed by atoms with Crippen molar-refractivity contribution in [3.63, 3.8) is 0 Å². The maximum Gasteiger partial charge on any atom is 0.262 e. The highest BCUT2D eigenvalue weighted by atomic mass is 35.5. The van der Waals surface area contributed by atoms with E-state index in [9.17, 15) is 4.79 Å². The smallest absolute Gasteiger partial charge is 0.262 e. The van der Waals surface area contributed by atoms with Crippen LogP contribution in [0, 0.1) is 6.92 Å². The number of aromatic nitrogens is 2. The summed E-state index contributed by atoms with van der Waals surface area (Å²) in [5, 5.41) is 0.605. The van der Waals surface area contributed by atoms with Gasteiger partial charge in [0, 0.05) is 6.20 Å². The minimum atomic E-state index is -0.245. The maximum atomic E-state index is 13.3. The van der Waals surface area contributed by atoms with Crippen molar-refractivity contribution in [1.82, 2.24) is 9.97 Å². The molecule has 0 aliphatic rings. The molecular weight excluding hydrogens is 421 g/mol. The molecule has 4 nitrogen and oxygen atoms in total. The fourth-order valence-electron chi connectivity index (χ4n) is 2.70. The molecule has 0 saturated carbocycles. The fraction of sp³-hybridized carbons (Fsp3) is 0.105. The van der Waals surface area contributed by atoms with Crippen LogP contribution in [0.1, 0.15) is 21.6 Å². The summed E-state index contributed by atoms with van der Waals surface area (Å²) in [6, 6.07) is 13.2. The Morgan fingerprint density at radius 2 is 2.00 bits per heavy atom. The summed E-state index contributed by atoms with van der Waals surface area (Å²) < 4.78 is 1.87. The first-order valence-corrected chi connectivity index (χ1v) is 10.4. The van der Waals surface area contributed by atoms with Crippen LogP contribution in [0.2, 0.25) is 8.67 Å². The molecule has 1 amide bonds. The van der Waals surface area contributed by atoms with Crippen LogP contribution in [0.15, 0.2) is 48.7 Å². The van der Waals surface area contributed by atoms with Crippen LogP contribution in [0.5, 0.6) is 0 Å². The molecule has 3 aromatic heterocycles. The zero-order valence-electron chi connectivity index (χ0n) is 14.1. The van der Waals surface area contributed by atoms with Gasteiger partial charge in [0.25, 0.3) is 5.91 Å². The highest BCUT2D eigenvalue weighted by Gasteiger charge is 2.25. The Labute approximate surface area is 174 Å². The molecule has 0 saturated heterocycles. The summed E-state index contributed by atoms with van der Waals surface area (Å²) in [6.07, 6.45) is 1.70. The standard InChI is InChI=1S/C19H13Cl2N3OS2/c1-11-5-4-7-14-16(11)23-19(26-14)24(10-12-6-2-3-8-22-12)18(25)13-9-15(20)27-17(13)21/h2-9H,10H2,1H3. The van der Waals surface area contributed by atoms with Crippen molar-refractivity contribution in [2.75, 3.05) is 4.90 Å². The second-order valence-electron chi connectivity index (χ2n) is 5.87. The number of aryl methyl sites for hydroxylation is 1. The van der Waals surface area contributed by atoms with E-state index in [0.717, 1.165) is 21.5 Å². The molecule has 4 rings (SSSR count). The molecule has 0 N–H and O–H groups in total. The number of fused-ring (bicyclic) bond motifs is 1. The van der Waals surface area contributed by atoms with E-state index in [1.54, 1.807) is 17.2 Å². The highest BCUT2D eigenvalue weighted by molar-refractivity contribution is 7.22. The lowest BCUT2D eigenvalue weighted by atomic mass is 10.2. The highest BCUT2D eigenvalue weighted by Crippen LogP contribution is 2.36. The van der Waals surface area contributed by atoms with Gasteiger partial charge in [-0.05, 0) is 36.8 Å². The summed E-state index contributed by atoms with van der Waals surface area (Å²) >= 11 is 14.9. The van der Waals surface area contributed by atoms with Crippen molar-refractivity contribution in [3.8, 4) is 0 Å². The first-order valence-electron chi connectivity index (χ1n) is 8.05. The Hall–Kier alpha value is -1.99. The number of anilines is 1. The summed E-state index contributed by atoms with van der Waals surface area (Å²) in [6.45, 7) is 2.30. The molecule has 27 heavy (non-hydrogen) atoms. The minimum Gasteiger partial charge on any atom is -0.278 e. The average Bonchev–Trinajstić information content (AvgIpc) is 3.23. The first kappa shape index (κ1) is 18.4. The summed E-state index contributed by atoms with van der Waals surface area (Å²) in [7, 11) is 0. The Morgan fingerprint density at radius 1 is 1.15 bits per heavy atom. The molecule has 0 atom stereocenters. The quantitative estimate of drug-likeness (QED) is 0.383. The topological polar surface area (TPSA) is 46.1 Å². The van der Waals surface area contributed by atoms with E-state index in [0.29, 0.717) is 25.9 Å². The van der Waals surface area contributed by atoms with E-state index in [2.05, 4.69) is 4.98 Å². The number of hydrogen-bond donors (Lipinski definition) is 0. The lowest BCUT2D eigenvalue weighted by Gasteiger charge is -2.19. The van der Waals surface area contributed by atoms with Crippen molar-refractivity contribution in [1.29, 1.82) is 0 Å². The van der Waals surface area contributed by atoms with Gasteiger partial charge in [-0.2, -0.15) is 0 Å². The maximum absolute atomic E-state index is 13.3. The Balaban J connectivity index is 1.80. The van der Waals surface area contributed by atoms with Gasteiger partial charge in [0.05, 0.1) is 32.4 Å². The van der Waals surface area contributed by atoms with E-state index >= 15 is 0 Å². The molecular formula is C19H13Cl2N3OS2. The number of nitrogens with zero attached hydrogens (tertiary/aromatic N) is 3. The SMILES string of the molecule is Cc1cccc2sc(N(Cc3ccccn3)C(=O)c3cc(Cl)sc3Cl)nc12. The van der Waals surface area contributed by atoms with Crippen LogP contribution in [0.25, 0.3) is 10.2 Å². The third-order valence-electron chi connectivity index (χ3n) is 4.02. The summed E-state index contributed by atoms with van der Waals surface area (Å²) in [5.74, 6) is -0.245. The second-order valence-corrected chi connectivity index (χ2v) is 9.16. The third kappa shape index (κ3) is 3.71. The Bertz CT molecular complexity index is 1120. The molecule has 0 aliphatic carbocycles. The van der Waals surface area contributed by atoms with Gasteiger partial charge in [-0.15, -0.1) is 11.3 Å². The van der Waals surface area contributed by atoms with E-state index in [-0.39, 0.29) is 5.91 Å². The van der Waals surface area contributed by atoms with Gasteiger partial charge in [-0.3, -0.25) is 14.7 Å². The fourth-order valence-corrected chi connectivity index (χ4v) is 5.19. The van der Waals surface area contributed by atoms with E-state index < -0.39 is 0 Å². The molecule has 0 fully saturated rings. The second kappa shape index (κ2) is 7.56. The van der Waals surface area contributed by atoms with Crippen LogP contribution in [-0.2, 0) is 6.54 Å². The number of rotatable bonds is 4. The van der Waals surface area contributed by atoms with Gasteiger partial charge in [0.15, 0.2) is 5.13 Å². The number of thiazole rings is 1. The number of halogens is 2.